The average molecular weight is 956 g/mol. The lowest BCUT2D eigenvalue weighted by molar-refractivity contribution is -0.156. The van der Waals surface area contributed by atoms with E-state index in [1.165, 1.54) is 12.1 Å². The first kappa shape index (κ1) is 55.5. The summed E-state index contributed by atoms with van der Waals surface area (Å²) in [6, 6.07) is 20.7. The quantitative estimate of drug-likeness (QED) is 0.0170. The van der Waals surface area contributed by atoms with E-state index in [9.17, 15) is 44.1 Å². The van der Waals surface area contributed by atoms with Crippen molar-refractivity contribution in [2.24, 2.45) is 35.5 Å². The van der Waals surface area contributed by atoms with Crippen molar-refractivity contribution in [1.29, 1.82) is 0 Å². The van der Waals surface area contributed by atoms with Crippen LogP contribution in [0, 0.1) is 35.5 Å². The number of phenolic OH excluding ortho intramolecular Hbond substituents is 1. The second-order valence-electron chi connectivity index (χ2n) is 18.9. The third kappa shape index (κ3) is 19.8. The number of anilines is 5. The molecule has 1 fully saturated rings. The number of carbonyl (C=O) groups is 6. The molecule has 0 aromatic heterocycles. The number of nitrogens with two attached hydrogens (primary N) is 1. The minimum atomic E-state index is -0.917. The van der Waals surface area contributed by atoms with Crippen LogP contribution >= 0.6 is 0 Å². The molecule has 1 aliphatic heterocycles. The third-order valence-electron chi connectivity index (χ3n) is 13.5. The molecule has 0 saturated carbocycles. The molecule has 15 nitrogen and oxygen atoms in total. The number of carboxylic acids is 2. The van der Waals surface area contributed by atoms with Crippen LogP contribution < -0.4 is 27.0 Å². The summed E-state index contributed by atoms with van der Waals surface area (Å²) < 4.78 is 5.86. The Kier molecular flexibility index (Phi) is 23.9. The maximum atomic E-state index is 13.7. The van der Waals surface area contributed by atoms with Gasteiger partial charge in [0.05, 0.1) is 17.8 Å². The van der Waals surface area contributed by atoms with Crippen molar-refractivity contribution >= 4 is 64.1 Å². The van der Waals surface area contributed by atoms with Crippen LogP contribution in [0.3, 0.4) is 0 Å². The number of hydrogen-bond acceptors (Lipinski definition) is 10. The second kappa shape index (κ2) is 29.7. The molecule has 4 rings (SSSR count). The molecule has 7 unspecified atom stereocenters. The van der Waals surface area contributed by atoms with Crippen molar-refractivity contribution in [2.45, 2.75) is 148 Å². The molecular formula is C54H77N5O10. The van der Waals surface area contributed by atoms with Crippen LogP contribution in [0.15, 0.2) is 72.8 Å². The van der Waals surface area contributed by atoms with Gasteiger partial charge in [-0.15, -0.1) is 0 Å². The number of rotatable bonds is 31. The number of ether oxygens (including phenoxy) is 1. The van der Waals surface area contributed by atoms with E-state index in [2.05, 4.69) is 21.3 Å². The molecule has 378 valence electrons. The van der Waals surface area contributed by atoms with Gasteiger partial charge in [0.25, 0.3) is 0 Å². The average Bonchev–Trinajstić information content (AvgIpc) is 3.50. The zero-order valence-electron chi connectivity index (χ0n) is 40.9. The van der Waals surface area contributed by atoms with E-state index in [0.29, 0.717) is 99.8 Å². The first-order chi connectivity index (χ1) is 33.2. The summed E-state index contributed by atoms with van der Waals surface area (Å²) >= 11 is 0. The van der Waals surface area contributed by atoms with Gasteiger partial charge in [0.15, 0.2) is 0 Å². The van der Waals surface area contributed by atoms with E-state index in [1.807, 2.05) is 38.2 Å². The summed E-state index contributed by atoms with van der Waals surface area (Å²) in [7, 11) is 1.82. The minimum absolute atomic E-state index is 0.0190. The smallest absolute Gasteiger partial charge is 0.310 e. The molecule has 3 amide bonds. The van der Waals surface area contributed by atoms with Gasteiger partial charge in [0.1, 0.15) is 11.9 Å². The van der Waals surface area contributed by atoms with Crippen molar-refractivity contribution in [3.63, 3.8) is 0 Å². The molecule has 9 N–H and O–H groups in total. The van der Waals surface area contributed by atoms with Crippen LogP contribution in [0.1, 0.15) is 142 Å². The van der Waals surface area contributed by atoms with Gasteiger partial charge in [-0.2, -0.15) is 0 Å². The first-order valence-corrected chi connectivity index (χ1v) is 25.2. The number of esters is 1. The Balaban J connectivity index is 1.23. The summed E-state index contributed by atoms with van der Waals surface area (Å²) in [4.78, 5) is 77.6. The Morgan fingerprint density at radius 3 is 1.77 bits per heavy atom. The van der Waals surface area contributed by atoms with Crippen molar-refractivity contribution in [2.75, 3.05) is 34.0 Å². The largest absolute Gasteiger partial charge is 0.508 e. The molecule has 69 heavy (non-hydrogen) atoms. The van der Waals surface area contributed by atoms with Crippen LogP contribution in [0.25, 0.3) is 0 Å². The third-order valence-corrected chi connectivity index (χ3v) is 13.5. The number of benzene rings is 3. The number of aliphatic carboxylic acids is 2. The topological polar surface area (TPSA) is 246 Å². The number of cyclic esters (lactones) is 1. The van der Waals surface area contributed by atoms with Gasteiger partial charge in [-0.1, -0.05) is 83.4 Å². The number of hydrogen-bond donors (Lipinski definition) is 8. The Bertz CT molecular complexity index is 2110. The van der Waals surface area contributed by atoms with E-state index < -0.39 is 47.5 Å². The second-order valence-corrected chi connectivity index (χ2v) is 18.9. The molecular weight excluding hydrogens is 879 g/mol. The standard InChI is InChI=1S/C54H77N5O10/c1-4-17-40(53(66)67)32-39(51(63)59-45-27-15-28-46(60)35-45)21-11-7-10-19-37(50(62)58-44-26-14-24-42(34-44)56-3)18-8-5-6-9-20-38(52(64)65)22-12-29-47-30-16-31-48(54(68)69-47)36(2)49(61)57-43-25-13-23-41(55)33-43/h13-15,23-28,33-40,47-48,56,60H,4-12,16-22,29-32,55H2,1-3H3,(H,57,61)(H,58,62)(H,59,63)(H,64,65)(H,66,67). The van der Waals surface area contributed by atoms with Gasteiger partial charge in [-0.25, -0.2) is 0 Å². The highest BCUT2D eigenvalue weighted by Gasteiger charge is 2.35. The Morgan fingerprint density at radius 1 is 0.638 bits per heavy atom. The van der Waals surface area contributed by atoms with Crippen LogP contribution in [0.2, 0.25) is 0 Å². The maximum Gasteiger partial charge on any atom is 0.310 e. The maximum absolute atomic E-state index is 13.7. The van der Waals surface area contributed by atoms with Crippen LogP contribution in [0.4, 0.5) is 28.4 Å². The number of nitrogen functional groups attached to an aromatic ring is 1. The predicted molar refractivity (Wildman–Crippen MR) is 271 cm³/mol. The normalized spacial score (nSPS) is 16.9. The highest BCUT2D eigenvalue weighted by molar-refractivity contribution is 5.96. The number of phenols is 1. The lowest BCUT2D eigenvalue weighted by Crippen LogP contribution is -2.33. The van der Waals surface area contributed by atoms with Gasteiger partial charge in [-0.05, 0) is 126 Å². The molecule has 0 aliphatic carbocycles. The number of aromatic hydroxyl groups is 1. The van der Waals surface area contributed by atoms with Crippen LogP contribution in [-0.2, 0) is 33.5 Å². The molecule has 15 heteroatoms. The zero-order chi connectivity index (χ0) is 50.1. The van der Waals surface area contributed by atoms with Gasteiger partial charge in [-0.3, -0.25) is 28.8 Å². The number of nitrogens with one attached hydrogen (secondary N) is 4. The highest BCUT2D eigenvalue weighted by atomic mass is 16.5. The van der Waals surface area contributed by atoms with Gasteiger partial charge < -0.3 is 47.1 Å². The van der Waals surface area contributed by atoms with E-state index in [0.717, 1.165) is 50.6 Å². The molecule has 0 spiro atoms. The lowest BCUT2D eigenvalue weighted by Gasteiger charge is -2.21. The SMILES string of the molecule is CCCC(CC(CCCCCC(CCCCCCC(CCCC1CCCC(C(C)C(=O)Nc2cccc(N)c2)C(=O)O1)C(=O)O)C(=O)Nc1cccc(NC)c1)C(=O)Nc1cccc(O)c1)C(=O)O. The van der Waals surface area contributed by atoms with E-state index >= 15 is 0 Å². The molecule has 1 aliphatic rings. The zero-order valence-corrected chi connectivity index (χ0v) is 40.9. The van der Waals surface area contributed by atoms with Gasteiger partial charge >= 0.3 is 17.9 Å². The van der Waals surface area contributed by atoms with E-state index in [-0.39, 0.29) is 41.9 Å². The molecule has 3 aromatic rings. The summed E-state index contributed by atoms with van der Waals surface area (Å²) in [5.41, 5.74) is 8.95. The van der Waals surface area contributed by atoms with E-state index in [4.69, 9.17) is 10.5 Å². The number of unbranched alkanes of at least 4 members (excludes halogenated alkanes) is 5. The number of amides is 3. The van der Waals surface area contributed by atoms with Crippen molar-refractivity contribution in [3.05, 3.63) is 72.8 Å². The minimum Gasteiger partial charge on any atom is -0.508 e. The highest BCUT2D eigenvalue weighted by Crippen LogP contribution is 2.31. The first-order valence-electron chi connectivity index (χ1n) is 25.2. The fourth-order valence-corrected chi connectivity index (χ4v) is 9.40. The van der Waals surface area contributed by atoms with E-state index in [1.54, 1.807) is 43.3 Å². The number of carboxylic acid groups (broad SMARTS) is 2. The fourth-order valence-electron chi connectivity index (χ4n) is 9.40. The molecule has 0 bridgehead atoms. The van der Waals surface area contributed by atoms with Crippen molar-refractivity contribution < 1.29 is 48.8 Å². The summed E-state index contributed by atoms with van der Waals surface area (Å²) in [5.74, 6) is -5.85. The summed E-state index contributed by atoms with van der Waals surface area (Å²) in [5, 5.41) is 41.7. The molecule has 0 radical (unpaired) electrons. The lowest BCUT2D eigenvalue weighted by atomic mass is 9.86. The van der Waals surface area contributed by atoms with Gasteiger partial charge in [0.2, 0.25) is 17.7 Å². The summed E-state index contributed by atoms with van der Waals surface area (Å²) in [6.45, 7) is 3.66. The molecule has 1 saturated heterocycles. The molecule has 7 atom stereocenters. The van der Waals surface area contributed by atoms with Crippen molar-refractivity contribution in [3.8, 4) is 5.75 Å². The van der Waals surface area contributed by atoms with Crippen LogP contribution in [-0.4, -0.2) is 64.1 Å². The summed E-state index contributed by atoms with van der Waals surface area (Å²) in [6.07, 6.45) is 12.4. The Morgan fingerprint density at radius 2 is 1.16 bits per heavy atom. The number of carbonyl (C=O) groups excluding carboxylic acids is 4. The molecule has 3 aromatic carbocycles. The Labute approximate surface area is 408 Å². The van der Waals surface area contributed by atoms with Crippen molar-refractivity contribution in [1.82, 2.24) is 0 Å². The van der Waals surface area contributed by atoms with Crippen LogP contribution in [0.5, 0.6) is 5.75 Å². The monoisotopic (exact) mass is 956 g/mol. The predicted octanol–water partition coefficient (Wildman–Crippen LogP) is 10.9. The molecule has 1 heterocycles. The Hall–Kier alpha value is -6.12. The fraction of sp³-hybridized carbons (Fsp3) is 0.556. The van der Waals surface area contributed by atoms with Gasteiger partial charge in [0, 0.05) is 59.3 Å².